The first-order valence-corrected chi connectivity index (χ1v) is 10.4. The number of nitrogens with two attached hydrogens (primary N) is 1. The van der Waals surface area contributed by atoms with Crippen LogP contribution < -0.4 is 15.8 Å². The molecule has 1 amide bonds. The molecule has 2 aromatic carbocycles. The van der Waals surface area contributed by atoms with Gasteiger partial charge in [-0.3, -0.25) is 4.79 Å². The van der Waals surface area contributed by atoms with Crippen LogP contribution in [0.25, 0.3) is 22.2 Å². The number of likely N-dealkylation sites (N-methyl/N-ethyl adjacent to an activating group) is 1. The fraction of sp³-hybridized carbons (Fsp3) is 0.208. The van der Waals surface area contributed by atoms with E-state index in [9.17, 15) is 4.79 Å². The smallest absolute Gasteiger partial charge is 0.240 e. The number of hydrogen-bond acceptors (Lipinski definition) is 6. The number of para-hydroxylation sites is 1. The number of nitrogen functional groups attached to an aromatic ring is 1. The van der Waals surface area contributed by atoms with Crippen LogP contribution in [-0.2, 0) is 11.3 Å². The Morgan fingerprint density at radius 3 is 2.50 bits per heavy atom. The zero-order valence-corrected chi connectivity index (χ0v) is 18.2. The molecular formula is C24H26N6O2. The molecule has 0 unspecified atom stereocenters. The lowest BCUT2D eigenvalue weighted by atomic mass is 10.1. The third-order valence-electron chi connectivity index (χ3n) is 5.02. The molecule has 0 spiro atoms. The van der Waals surface area contributed by atoms with Crippen molar-refractivity contribution in [3.8, 4) is 22.6 Å². The SMILES string of the molecule is CN(C)CCNC(=O)Cn1cc(-c2ccc(Oc3ccccc3)cc2)c2c(N)ncnc21. The second kappa shape index (κ2) is 9.49. The Bertz CT molecular complexity index is 1200. The number of carbonyl (C=O) groups is 1. The summed E-state index contributed by atoms with van der Waals surface area (Å²) in [5, 5.41) is 3.66. The lowest BCUT2D eigenvalue weighted by molar-refractivity contribution is -0.121. The van der Waals surface area contributed by atoms with Gasteiger partial charge in [0.15, 0.2) is 0 Å². The van der Waals surface area contributed by atoms with Crippen LogP contribution in [0, 0.1) is 0 Å². The molecule has 0 bridgehead atoms. The zero-order chi connectivity index (χ0) is 22.5. The summed E-state index contributed by atoms with van der Waals surface area (Å²) in [4.78, 5) is 23.0. The Balaban J connectivity index is 1.59. The van der Waals surface area contributed by atoms with E-state index in [1.165, 1.54) is 6.33 Å². The molecule has 0 fully saturated rings. The van der Waals surface area contributed by atoms with Crippen LogP contribution in [0.3, 0.4) is 0 Å². The molecule has 2 heterocycles. The molecule has 0 radical (unpaired) electrons. The summed E-state index contributed by atoms with van der Waals surface area (Å²) >= 11 is 0. The molecule has 164 valence electrons. The van der Waals surface area contributed by atoms with Crippen molar-refractivity contribution < 1.29 is 9.53 Å². The summed E-state index contributed by atoms with van der Waals surface area (Å²) in [6, 6.07) is 17.3. The van der Waals surface area contributed by atoms with Crippen molar-refractivity contribution in [2.45, 2.75) is 6.54 Å². The highest BCUT2D eigenvalue weighted by Crippen LogP contribution is 2.34. The maximum Gasteiger partial charge on any atom is 0.240 e. The van der Waals surface area contributed by atoms with Crippen LogP contribution in [0.15, 0.2) is 67.1 Å². The van der Waals surface area contributed by atoms with Gasteiger partial charge in [0, 0.05) is 24.8 Å². The molecule has 8 heteroatoms. The van der Waals surface area contributed by atoms with Gasteiger partial charge in [-0.1, -0.05) is 30.3 Å². The first kappa shape index (κ1) is 21.3. The molecule has 0 aliphatic heterocycles. The van der Waals surface area contributed by atoms with Crippen molar-refractivity contribution in [1.82, 2.24) is 24.8 Å². The number of amides is 1. The predicted molar refractivity (Wildman–Crippen MR) is 125 cm³/mol. The minimum absolute atomic E-state index is 0.0842. The highest BCUT2D eigenvalue weighted by molar-refractivity contribution is 6.01. The highest BCUT2D eigenvalue weighted by Gasteiger charge is 2.17. The molecule has 0 aliphatic carbocycles. The van der Waals surface area contributed by atoms with Crippen molar-refractivity contribution in [3.05, 3.63) is 67.1 Å². The second-order valence-corrected chi connectivity index (χ2v) is 7.72. The molecule has 4 aromatic rings. The number of fused-ring (bicyclic) bond motifs is 1. The number of hydrogen-bond donors (Lipinski definition) is 2. The van der Waals surface area contributed by atoms with Gasteiger partial charge in [0.05, 0.1) is 5.39 Å². The molecule has 0 saturated carbocycles. The summed E-state index contributed by atoms with van der Waals surface area (Å²) in [6.45, 7) is 1.50. The molecule has 2 aromatic heterocycles. The van der Waals surface area contributed by atoms with Gasteiger partial charge in [0.25, 0.3) is 0 Å². The van der Waals surface area contributed by atoms with Gasteiger partial charge in [0.1, 0.15) is 35.8 Å². The van der Waals surface area contributed by atoms with Crippen LogP contribution in [-0.4, -0.2) is 52.5 Å². The highest BCUT2D eigenvalue weighted by atomic mass is 16.5. The van der Waals surface area contributed by atoms with E-state index in [0.717, 1.165) is 34.6 Å². The lowest BCUT2D eigenvalue weighted by Gasteiger charge is -2.11. The number of ether oxygens (including phenoxy) is 1. The first-order chi connectivity index (χ1) is 15.5. The number of nitrogens with one attached hydrogen (secondary N) is 1. The van der Waals surface area contributed by atoms with Gasteiger partial charge in [0.2, 0.25) is 5.91 Å². The predicted octanol–water partition coefficient (Wildman–Crippen LogP) is 3.15. The van der Waals surface area contributed by atoms with Crippen LogP contribution in [0.1, 0.15) is 0 Å². The lowest BCUT2D eigenvalue weighted by Crippen LogP contribution is -2.33. The third kappa shape index (κ3) is 4.87. The quantitative estimate of drug-likeness (QED) is 0.446. The molecule has 0 saturated heterocycles. The van der Waals surface area contributed by atoms with E-state index < -0.39 is 0 Å². The van der Waals surface area contributed by atoms with E-state index in [2.05, 4.69) is 15.3 Å². The molecular weight excluding hydrogens is 404 g/mol. The Labute approximate surface area is 186 Å². The fourth-order valence-corrected chi connectivity index (χ4v) is 3.44. The van der Waals surface area contributed by atoms with Crippen molar-refractivity contribution in [3.63, 3.8) is 0 Å². The van der Waals surface area contributed by atoms with Crippen molar-refractivity contribution >= 4 is 22.8 Å². The summed E-state index contributed by atoms with van der Waals surface area (Å²) in [6.07, 6.45) is 3.31. The van der Waals surface area contributed by atoms with Crippen LogP contribution in [0.5, 0.6) is 11.5 Å². The molecule has 32 heavy (non-hydrogen) atoms. The monoisotopic (exact) mass is 430 g/mol. The number of carbonyl (C=O) groups excluding carboxylic acids is 1. The van der Waals surface area contributed by atoms with Crippen molar-refractivity contribution in [2.75, 3.05) is 32.9 Å². The second-order valence-electron chi connectivity index (χ2n) is 7.72. The van der Waals surface area contributed by atoms with Crippen molar-refractivity contribution in [2.24, 2.45) is 0 Å². The average molecular weight is 431 g/mol. The van der Waals surface area contributed by atoms with E-state index in [-0.39, 0.29) is 12.5 Å². The van der Waals surface area contributed by atoms with Gasteiger partial charge in [-0.25, -0.2) is 9.97 Å². The maximum absolute atomic E-state index is 12.4. The summed E-state index contributed by atoms with van der Waals surface area (Å²) < 4.78 is 7.69. The number of aromatic nitrogens is 3. The number of rotatable bonds is 8. The van der Waals surface area contributed by atoms with Gasteiger partial charge >= 0.3 is 0 Å². The minimum Gasteiger partial charge on any atom is -0.457 e. The number of nitrogens with zero attached hydrogens (tertiary/aromatic N) is 4. The summed E-state index contributed by atoms with van der Waals surface area (Å²) in [5.41, 5.74) is 8.61. The molecule has 4 rings (SSSR count). The van der Waals surface area contributed by atoms with E-state index in [0.29, 0.717) is 18.0 Å². The molecule has 0 aliphatic rings. The standard InChI is InChI=1S/C24H26N6O2/c1-29(2)13-12-26-21(31)15-30-14-20(22-23(25)27-16-28-24(22)30)17-8-10-19(11-9-17)32-18-6-4-3-5-7-18/h3-11,14,16H,12-13,15H2,1-2H3,(H,26,31)(H2,25,27,28). The topological polar surface area (TPSA) is 98.3 Å². The largest absolute Gasteiger partial charge is 0.457 e. The Hall–Kier alpha value is -3.91. The minimum atomic E-state index is -0.0842. The summed E-state index contributed by atoms with van der Waals surface area (Å²) in [7, 11) is 3.93. The Kier molecular flexibility index (Phi) is 6.32. The number of benzene rings is 2. The molecule has 0 atom stereocenters. The van der Waals surface area contributed by atoms with E-state index in [1.807, 2.05) is 84.4 Å². The van der Waals surface area contributed by atoms with Gasteiger partial charge in [-0.05, 0) is 43.9 Å². The van der Waals surface area contributed by atoms with Gasteiger partial charge in [-0.15, -0.1) is 0 Å². The Morgan fingerprint density at radius 2 is 1.78 bits per heavy atom. The van der Waals surface area contributed by atoms with Crippen LogP contribution in [0.2, 0.25) is 0 Å². The van der Waals surface area contributed by atoms with Crippen LogP contribution in [0.4, 0.5) is 5.82 Å². The van der Waals surface area contributed by atoms with Crippen molar-refractivity contribution in [1.29, 1.82) is 0 Å². The van der Waals surface area contributed by atoms with Gasteiger partial charge in [-0.2, -0.15) is 0 Å². The van der Waals surface area contributed by atoms with Gasteiger partial charge < -0.3 is 25.3 Å². The Morgan fingerprint density at radius 1 is 1.06 bits per heavy atom. The molecule has 3 N–H and O–H groups in total. The fourth-order valence-electron chi connectivity index (χ4n) is 3.44. The molecule has 8 nitrogen and oxygen atoms in total. The number of anilines is 1. The third-order valence-corrected chi connectivity index (χ3v) is 5.02. The maximum atomic E-state index is 12.4. The van der Waals surface area contributed by atoms with Crippen LogP contribution >= 0.6 is 0 Å². The normalized spacial score (nSPS) is 11.1. The van der Waals surface area contributed by atoms with E-state index in [4.69, 9.17) is 10.5 Å². The zero-order valence-electron chi connectivity index (χ0n) is 18.2. The summed E-state index contributed by atoms with van der Waals surface area (Å²) in [5.74, 6) is 1.79. The first-order valence-electron chi connectivity index (χ1n) is 10.4. The average Bonchev–Trinajstić information content (AvgIpc) is 3.14. The van der Waals surface area contributed by atoms with E-state index in [1.54, 1.807) is 0 Å². The van der Waals surface area contributed by atoms with E-state index >= 15 is 0 Å².